The van der Waals surface area contributed by atoms with Crippen molar-refractivity contribution < 1.29 is 4.79 Å². The molecule has 0 fully saturated rings. The van der Waals surface area contributed by atoms with Gasteiger partial charge in [-0.15, -0.1) is 0 Å². The van der Waals surface area contributed by atoms with Crippen LogP contribution in [0.25, 0.3) is 11.3 Å². The molecule has 5 heteroatoms. The molecule has 5 nitrogen and oxygen atoms in total. The standard InChI is InChI=1S/C20H20N4O/c1-15(25)23-18-9-7-17(8-10-18)19-12-14-22-20(24-19)21-13-11-16-5-3-2-4-6-16/h2-10,12,14H,11,13H2,1H3,(H,23,25)(H,21,22,24). The van der Waals surface area contributed by atoms with Crippen LogP contribution < -0.4 is 10.6 Å². The van der Waals surface area contributed by atoms with Crippen LogP contribution in [-0.4, -0.2) is 22.4 Å². The van der Waals surface area contributed by atoms with Crippen LogP contribution in [0.4, 0.5) is 11.6 Å². The molecule has 0 spiro atoms. The first-order chi connectivity index (χ1) is 12.2. The summed E-state index contributed by atoms with van der Waals surface area (Å²) in [4.78, 5) is 19.9. The van der Waals surface area contributed by atoms with E-state index in [1.165, 1.54) is 12.5 Å². The van der Waals surface area contributed by atoms with Gasteiger partial charge < -0.3 is 10.6 Å². The van der Waals surface area contributed by atoms with Crippen molar-refractivity contribution in [3.63, 3.8) is 0 Å². The summed E-state index contributed by atoms with van der Waals surface area (Å²) in [6.07, 6.45) is 2.66. The average molecular weight is 332 g/mol. The lowest BCUT2D eigenvalue weighted by atomic mass is 10.1. The molecule has 0 saturated carbocycles. The maximum atomic E-state index is 11.1. The molecule has 0 bridgehead atoms. The highest BCUT2D eigenvalue weighted by atomic mass is 16.1. The van der Waals surface area contributed by atoms with Crippen LogP contribution in [0.15, 0.2) is 66.9 Å². The van der Waals surface area contributed by atoms with E-state index >= 15 is 0 Å². The number of hydrogen-bond acceptors (Lipinski definition) is 4. The number of aromatic nitrogens is 2. The highest BCUT2D eigenvalue weighted by molar-refractivity contribution is 5.88. The normalized spacial score (nSPS) is 10.3. The number of carbonyl (C=O) groups is 1. The Hall–Kier alpha value is -3.21. The smallest absolute Gasteiger partial charge is 0.223 e. The van der Waals surface area contributed by atoms with Crippen molar-refractivity contribution in [3.05, 3.63) is 72.4 Å². The number of rotatable bonds is 6. The molecule has 0 radical (unpaired) electrons. The second-order valence-electron chi connectivity index (χ2n) is 5.69. The third-order valence-electron chi connectivity index (χ3n) is 3.70. The van der Waals surface area contributed by atoms with Gasteiger partial charge in [-0.05, 0) is 30.2 Å². The Kier molecular flexibility index (Phi) is 5.36. The molecule has 0 aliphatic rings. The number of anilines is 2. The van der Waals surface area contributed by atoms with Gasteiger partial charge in [-0.2, -0.15) is 0 Å². The fourth-order valence-electron chi connectivity index (χ4n) is 2.50. The van der Waals surface area contributed by atoms with Gasteiger partial charge in [-0.1, -0.05) is 42.5 Å². The summed E-state index contributed by atoms with van der Waals surface area (Å²) >= 11 is 0. The Morgan fingerprint density at radius 2 is 1.76 bits per heavy atom. The molecule has 1 heterocycles. The van der Waals surface area contributed by atoms with E-state index in [2.05, 4.69) is 32.7 Å². The first kappa shape index (κ1) is 16.6. The largest absolute Gasteiger partial charge is 0.354 e. The van der Waals surface area contributed by atoms with Crippen LogP contribution in [0.3, 0.4) is 0 Å². The third kappa shape index (κ3) is 4.88. The van der Waals surface area contributed by atoms with Crippen LogP contribution in [0, 0.1) is 0 Å². The van der Waals surface area contributed by atoms with Gasteiger partial charge in [0.2, 0.25) is 11.9 Å². The number of nitrogens with one attached hydrogen (secondary N) is 2. The number of carbonyl (C=O) groups excluding carboxylic acids is 1. The van der Waals surface area contributed by atoms with Crippen LogP contribution >= 0.6 is 0 Å². The van der Waals surface area contributed by atoms with Gasteiger partial charge in [0.25, 0.3) is 0 Å². The molecule has 0 saturated heterocycles. The van der Waals surface area contributed by atoms with E-state index in [-0.39, 0.29) is 5.91 Å². The lowest BCUT2D eigenvalue weighted by Gasteiger charge is -2.08. The fourth-order valence-corrected chi connectivity index (χ4v) is 2.50. The van der Waals surface area contributed by atoms with Crippen LogP contribution in [0.1, 0.15) is 12.5 Å². The summed E-state index contributed by atoms with van der Waals surface area (Å²) in [5.41, 5.74) is 3.86. The van der Waals surface area contributed by atoms with Crippen molar-refractivity contribution in [2.75, 3.05) is 17.2 Å². The number of benzene rings is 2. The van der Waals surface area contributed by atoms with Gasteiger partial charge in [0.15, 0.2) is 0 Å². The molecule has 25 heavy (non-hydrogen) atoms. The van der Waals surface area contributed by atoms with E-state index < -0.39 is 0 Å². The average Bonchev–Trinajstić information content (AvgIpc) is 2.63. The predicted octanol–water partition coefficient (Wildman–Crippen LogP) is 3.76. The fraction of sp³-hybridized carbons (Fsp3) is 0.150. The highest BCUT2D eigenvalue weighted by Crippen LogP contribution is 2.20. The van der Waals surface area contributed by atoms with E-state index in [4.69, 9.17) is 0 Å². The zero-order chi connectivity index (χ0) is 17.5. The summed E-state index contributed by atoms with van der Waals surface area (Å²) < 4.78 is 0. The van der Waals surface area contributed by atoms with E-state index in [1.54, 1.807) is 6.20 Å². The molecule has 0 aliphatic heterocycles. The second-order valence-corrected chi connectivity index (χ2v) is 5.69. The number of hydrogen-bond donors (Lipinski definition) is 2. The summed E-state index contributed by atoms with van der Waals surface area (Å²) in [6.45, 7) is 2.26. The quantitative estimate of drug-likeness (QED) is 0.721. The monoisotopic (exact) mass is 332 g/mol. The molecular weight excluding hydrogens is 312 g/mol. The maximum absolute atomic E-state index is 11.1. The lowest BCUT2D eigenvalue weighted by Crippen LogP contribution is -2.08. The Bertz CT molecular complexity index is 832. The molecule has 1 aromatic heterocycles. The highest BCUT2D eigenvalue weighted by Gasteiger charge is 2.03. The lowest BCUT2D eigenvalue weighted by molar-refractivity contribution is -0.114. The zero-order valence-corrected chi connectivity index (χ0v) is 14.1. The SMILES string of the molecule is CC(=O)Nc1ccc(-c2ccnc(NCCc3ccccc3)n2)cc1. The molecule has 1 amide bonds. The van der Waals surface area contributed by atoms with Crippen molar-refractivity contribution in [1.29, 1.82) is 0 Å². The molecule has 3 aromatic rings. The molecule has 3 rings (SSSR count). The molecule has 2 aromatic carbocycles. The van der Waals surface area contributed by atoms with Gasteiger partial charge in [0.1, 0.15) is 0 Å². The van der Waals surface area contributed by atoms with Crippen LogP contribution in [0.2, 0.25) is 0 Å². The first-order valence-electron chi connectivity index (χ1n) is 8.19. The van der Waals surface area contributed by atoms with Crippen molar-refractivity contribution in [1.82, 2.24) is 9.97 Å². The Balaban J connectivity index is 1.63. The predicted molar refractivity (Wildman–Crippen MR) is 100 cm³/mol. The van der Waals surface area contributed by atoms with E-state index in [0.717, 1.165) is 29.9 Å². The molecular formula is C20H20N4O. The van der Waals surface area contributed by atoms with E-state index in [9.17, 15) is 4.79 Å². The minimum Gasteiger partial charge on any atom is -0.354 e. The van der Waals surface area contributed by atoms with Crippen LogP contribution in [-0.2, 0) is 11.2 Å². The van der Waals surface area contributed by atoms with Gasteiger partial charge in [-0.3, -0.25) is 4.79 Å². The van der Waals surface area contributed by atoms with E-state index in [0.29, 0.717) is 5.95 Å². The second kappa shape index (κ2) is 8.06. The topological polar surface area (TPSA) is 66.9 Å². The van der Waals surface area contributed by atoms with Gasteiger partial charge in [-0.25, -0.2) is 9.97 Å². The van der Waals surface area contributed by atoms with Crippen molar-refractivity contribution >= 4 is 17.5 Å². The summed E-state index contributed by atoms with van der Waals surface area (Å²) in [5.74, 6) is 0.527. The number of nitrogens with zero attached hydrogens (tertiary/aromatic N) is 2. The Morgan fingerprint density at radius 3 is 2.48 bits per heavy atom. The minimum atomic E-state index is -0.0836. The van der Waals surface area contributed by atoms with Gasteiger partial charge >= 0.3 is 0 Å². The van der Waals surface area contributed by atoms with Gasteiger partial charge in [0, 0.05) is 30.9 Å². The Labute approximate surface area is 147 Å². The zero-order valence-electron chi connectivity index (χ0n) is 14.1. The molecule has 0 aliphatic carbocycles. The summed E-state index contributed by atoms with van der Waals surface area (Å²) in [6, 6.07) is 19.8. The van der Waals surface area contributed by atoms with Crippen LogP contribution in [0.5, 0.6) is 0 Å². The Morgan fingerprint density at radius 1 is 1.00 bits per heavy atom. The molecule has 126 valence electrons. The summed E-state index contributed by atoms with van der Waals surface area (Å²) in [5, 5.41) is 6.02. The maximum Gasteiger partial charge on any atom is 0.223 e. The third-order valence-corrected chi connectivity index (χ3v) is 3.70. The first-order valence-corrected chi connectivity index (χ1v) is 8.19. The molecule has 0 unspecified atom stereocenters. The summed E-state index contributed by atoms with van der Waals surface area (Å²) in [7, 11) is 0. The van der Waals surface area contributed by atoms with E-state index in [1.807, 2.05) is 48.5 Å². The van der Waals surface area contributed by atoms with Crippen molar-refractivity contribution in [2.45, 2.75) is 13.3 Å². The molecule has 2 N–H and O–H groups in total. The van der Waals surface area contributed by atoms with Crippen molar-refractivity contribution in [3.8, 4) is 11.3 Å². The molecule has 0 atom stereocenters. The van der Waals surface area contributed by atoms with Gasteiger partial charge in [0.05, 0.1) is 5.69 Å². The van der Waals surface area contributed by atoms with Crippen molar-refractivity contribution in [2.24, 2.45) is 0 Å². The number of amides is 1. The minimum absolute atomic E-state index is 0.0836.